The number of anilines is 1. The summed E-state index contributed by atoms with van der Waals surface area (Å²) in [4.78, 5) is 34.0. The third-order valence-corrected chi connectivity index (χ3v) is 7.86. The number of hydrogen-bond donors (Lipinski definition) is 0. The first-order valence-electron chi connectivity index (χ1n) is 12.3. The van der Waals surface area contributed by atoms with Gasteiger partial charge in [-0.3, -0.25) is 14.5 Å². The Hall–Kier alpha value is -3.55. The number of ether oxygens (including phenoxy) is 4. The fourth-order valence-corrected chi connectivity index (χ4v) is 5.72. The number of ketones is 1. The number of aromatic nitrogens is 1. The van der Waals surface area contributed by atoms with Crippen molar-refractivity contribution in [1.82, 2.24) is 4.98 Å². The predicted molar refractivity (Wildman–Crippen MR) is 133 cm³/mol. The van der Waals surface area contributed by atoms with E-state index in [9.17, 15) is 9.59 Å². The number of carbonyl (C=O) groups is 2. The van der Waals surface area contributed by atoms with Crippen molar-refractivity contribution < 1.29 is 28.5 Å². The minimum Gasteiger partial charge on any atom is -0.493 e. The van der Waals surface area contributed by atoms with Crippen LogP contribution >= 0.6 is 0 Å². The van der Waals surface area contributed by atoms with Crippen LogP contribution in [0.5, 0.6) is 17.2 Å². The lowest BCUT2D eigenvalue weighted by Crippen LogP contribution is -2.43. The second kappa shape index (κ2) is 9.15. The number of rotatable bonds is 5. The van der Waals surface area contributed by atoms with E-state index in [1.54, 1.807) is 23.2 Å². The zero-order valence-electron chi connectivity index (χ0n) is 21.5. The van der Waals surface area contributed by atoms with E-state index in [4.69, 9.17) is 18.9 Å². The molecule has 8 heteroatoms. The number of pyridine rings is 1. The smallest absolute Gasteiger partial charge is 0.295 e. The Morgan fingerprint density at radius 3 is 2.25 bits per heavy atom. The highest BCUT2D eigenvalue weighted by Crippen LogP contribution is 2.51. The highest BCUT2D eigenvalue weighted by molar-refractivity contribution is 6.17. The van der Waals surface area contributed by atoms with Crippen molar-refractivity contribution in [2.24, 2.45) is 17.8 Å². The fourth-order valence-electron chi connectivity index (χ4n) is 5.72. The number of fused-ring (bicyclic) bond motifs is 1. The first kappa shape index (κ1) is 24.2. The maximum atomic E-state index is 14.1. The van der Waals surface area contributed by atoms with Gasteiger partial charge < -0.3 is 18.9 Å². The Morgan fingerprint density at radius 2 is 1.64 bits per heavy atom. The molecule has 8 nitrogen and oxygen atoms in total. The van der Waals surface area contributed by atoms with Gasteiger partial charge in [-0.15, -0.1) is 0 Å². The molecule has 1 amide bonds. The molecule has 5 unspecified atom stereocenters. The molecule has 36 heavy (non-hydrogen) atoms. The molecule has 1 aromatic heterocycles. The molecule has 5 rings (SSSR count). The second-order valence-corrected chi connectivity index (χ2v) is 10.0. The summed E-state index contributed by atoms with van der Waals surface area (Å²) < 4.78 is 23.0. The molecule has 1 saturated carbocycles. The average molecular weight is 493 g/mol. The molecule has 1 fully saturated rings. The van der Waals surface area contributed by atoms with Gasteiger partial charge in [0.05, 0.1) is 38.9 Å². The molecule has 0 radical (unpaired) electrons. The molecule has 2 aliphatic heterocycles. The van der Waals surface area contributed by atoms with E-state index in [0.717, 1.165) is 18.4 Å². The van der Waals surface area contributed by atoms with E-state index in [-0.39, 0.29) is 29.5 Å². The van der Waals surface area contributed by atoms with Gasteiger partial charge >= 0.3 is 0 Å². The molecule has 0 bridgehead atoms. The van der Waals surface area contributed by atoms with E-state index in [1.807, 2.05) is 19.1 Å². The third kappa shape index (κ3) is 3.70. The summed E-state index contributed by atoms with van der Waals surface area (Å²) in [7, 11) is 4.61. The number of hydrogen-bond acceptors (Lipinski definition) is 7. The van der Waals surface area contributed by atoms with E-state index in [0.29, 0.717) is 46.0 Å². The largest absolute Gasteiger partial charge is 0.493 e. The lowest BCUT2D eigenvalue weighted by Gasteiger charge is -2.40. The Kier molecular flexibility index (Phi) is 6.14. The van der Waals surface area contributed by atoms with Gasteiger partial charge in [-0.1, -0.05) is 13.8 Å². The SMILES string of the molecule is COc1cc(C2C3=C(OC4CC(C)C(C)CC4C3=O)C(=O)N2c2cc(C)ccn2)cc(OC)c1OC. The number of carbonyl (C=O) groups excluding carboxylic acids is 2. The molecular weight excluding hydrogens is 460 g/mol. The monoisotopic (exact) mass is 492 g/mol. The van der Waals surface area contributed by atoms with Crippen LogP contribution in [0.2, 0.25) is 0 Å². The first-order chi connectivity index (χ1) is 17.3. The van der Waals surface area contributed by atoms with Crippen LogP contribution < -0.4 is 19.1 Å². The van der Waals surface area contributed by atoms with Gasteiger partial charge in [0.15, 0.2) is 23.0 Å². The van der Waals surface area contributed by atoms with Crippen molar-refractivity contribution in [3.63, 3.8) is 0 Å². The summed E-state index contributed by atoms with van der Waals surface area (Å²) in [5.74, 6) is 2.04. The minimum absolute atomic E-state index is 0.0257. The standard InChI is InChI=1S/C28H32N2O6/c1-14-7-8-29-22(9-14)30-24(17-12-20(33-4)26(35-6)21(13-17)34-5)23-25(31)18-10-15(2)16(3)11-19(18)36-27(23)28(30)32/h7-9,12-13,15-16,18-19,24H,10-11H2,1-6H3. The Labute approximate surface area is 211 Å². The molecule has 0 N–H and O–H groups in total. The Morgan fingerprint density at radius 1 is 0.972 bits per heavy atom. The van der Waals surface area contributed by atoms with Gasteiger partial charge in [0.1, 0.15) is 11.9 Å². The fraction of sp³-hybridized carbons (Fsp3) is 0.464. The van der Waals surface area contributed by atoms with Crippen LogP contribution in [0.25, 0.3) is 0 Å². The summed E-state index contributed by atoms with van der Waals surface area (Å²) in [5, 5.41) is 0. The van der Waals surface area contributed by atoms with Crippen LogP contribution in [0.4, 0.5) is 5.82 Å². The number of benzene rings is 1. The Bertz CT molecular complexity index is 1230. The highest BCUT2D eigenvalue weighted by atomic mass is 16.5. The first-order valence-corrected chi connectivity index (χ1v) is 12.3. The van der Waals surface area contributed by atoms with Gasteiger partial charge in [0, 0.05) is 6.20 Å². The van der Waals surface area contributed by atoms with E-state index >= 15 is 0 Å². The summed E-state index contributed by atoms with van der Waals surface area (Å²) in [6.07, 6.45) is 2.85. The van der Waals surface area contributed by atoms with Crippen LogP contribution in [-0.2, 0) is 14.3 Å². The summed E-state index contributed by atoms with van der Waals surface area (Å²) in [5.41, 5.74) is 1.98. The highest BCUT2D eigenvalue weighted by Gasteiger charge is 2.54. The average Bonchev–Trinajstić information content (AvgIpc) is 3.16. The molecule has 1 aliphatic carbocycles. The summed E-state index contributed by atoms with van der Waals surface area (Å²) in [6, 6.07) is 6.53. The minimum atomic E-state index is -0.737. The van der Waals surface area contributed by atoms with E-state index in [1.165, 1.54) is 21.3 Å². The Balaban J connectivity index is 1.70. The van der Waals surface area contributed by atoms with Crippen LogP contribution in [0.1, 0.15) is 43.9 Å². The van der Waals surface area contributed by atoms with E-state index < -0.39 is 6.04 Å². The molecule has 5 atom stereocenters. The van der Waals surface area contributed by atoms with Crippen LogP contribution in [0.15, 0.2) is 41.8 Å². The zero-order valence-corrected chi connectivity index (χ0v) is 21.5. The van der Waals surface area contributed by atoms with Crippen molar-refractivity contribution >= 4 is 17.5 Å². The summed E-state index contributed by atoms with van der Waals surface area (Å²) >= 11 is 0. The number of amides is 1. The zero-order chi connectivity index (χ0) is 25.7. The molecule has 1 aromatic carbocycles. The van der Waals surface area contributed by atoms with Crippen molar-refractivity contribution in [2.75, 3.05) is 26.2 Å². The van der Waals surface area contributed by atoms with E-state index in [2.05, 4.69) is 18.8 Å². The number of Topliss-reactive ketones (excluding diaryl/α,β-unsaturated/α-hetero) is 1. The number of methoxy groups -OCH3 is 3. The van der Waals surface area contributed by atoms with Gasteiger partial charge in [-0.25, -0.2) is 4.98 Å². The van der Waals surface area contributed by atoms with Crippen LogP contribution in [0, 0.1) is 24.7 Å². The molecule has 0 spiro atoms. The number of aryl methyl sites for hydroxylation is 1. The molecular formula is C28H32N2O6. The maximum absolute atomic E-state index is 14.1. The summed E-state index contributed by atoms with van der Waals surface area (Å²) in [6.45, 7) is 6.29. The van der Waals surface area contributed by atoms with Crippen LogP contribution in [-0.4, -0.2) is 44.1 Å². The van der Waals surface area contributed by atoms with Gasteiger partial charge in [-0.2, -0.15) is 0 Å². The molecule has 190 valence electrons. The quantitative estimate of drug-likeness (QED) is 0.611. The van der Waals surface area contributed by atoms with Crippen LogP contribution in [0.3, 0.4) is 0 Å². The van der Waals surface area contributed by atoms with Gasteiger partial charge in [0.2, 0.25) is 5.75 Å². The molecule has 0 saturated heterocycles. The van der Waals surface area contributed by atoms with Gasteiger partial charge in [0.25, 0.3) is 5.91 Å². The van der Waals surface area contributed by atoms with Gasteiger partial charge in [-0.05, 0) is 67.0 Å². The lowest BCUT2D eigenvalue weighted by atomic mass is 9.70. The normalized spacial score (nSPS) is 27.4. The molecule has 2 aromatic rings. The molecule has 3 heterocycles. The number of nitrogens with zero attached hydrogens (tertiary/aromatic N) is 2. The lowest BCUT2D eigenvalue weighted by molar-refractivity contribution is -0.134. The predicted octanol–water partition coefficient (Wildman–Crippen LogP) is 4.41. The maximum Gasteiger partial charge on any atom is 0.295 e. The topological polar surface area (TPSA) is 87.2 Å². The van der Waals surface area contributed by atoms with Crippen molar-refractivity contribution in [3.05, 3.63) is 52.9 Å². The third-order valence-electron chi connectivity index (χ3n) is 7.86. The van der Waals surface area contributed by atoms with Crippen molar-refractivity contribution in [2.45, 2.75) is 45.8 Å². The molecule has 3 aliphatic rings. The second-order valence-electron chi connectivity index (χ2n) is 10.0. The van der Waals surface area contributed by atoms with Crippen molar-refractivity contribution in [3.8, 4) is 17.2 Å². The van der Waals surface area contributed by atoms with Crippen molar-refractivity contribution in [1.29, 1.82) is 0 Å².